The second kappa shape index (κ2) is 5.48. The molecular weight excluding hydrogens is 234 g/mol. The summed E-state index contributed by atoms with van der Waals surface area (Å²) in [6.07, 6.45) is 1.77. The van der Waals surface area contributed by atoms with E-state index in [1.165, 1.54) is 10.4 Å². The van der Waals surface area contributed by atoms with Gasteiger partial charge in [0.2, 0.25) is 0 Å². The predicted octanol–water partition coefficient (Wildman–Crippen LogP) is 2.64. The molecule has 96 valence electrons. The van der Waals surface area contributed by atoms with Gasteiger partial charge in [-0.15, -0.1) is 11.3 Å². The van der Waals surface area contributed by atoms with E-state index in [0.717, 1.165) is 26.1 Å². The number of nitrogens with two attached hydrogens (primary N) is 1. The third-order valence-corrected chi connectivity index (χ3v) is 4.43. The molecule has 0 bridgehead atoms. The minimum atomic E-state index is -0.237. The summed E-state index contributed by atoms with van der Waals surface area (Å²) in [6, 6.07) is 2.08. The summed E-state index contributed by atoms with van der Waals surface area (Å²) in [5.41, 5.74) is 7.45. The van der Waals surface area contributed by atoms with E-state index < -0.39 is 0 Å². The van der Waals surface area contributed by atoms with Crippen molar-refractivity contribution in [1.29, 1.82) is 0 Å². The summed E-state index contributed by atoms with van der Waals surface area (Å²) in [4.78, 5) is 1.29. The highest BCUT2D eigenvalue weighted by atomic mass is 32.1. The second-order valence-electron chi connectivity index (χ2n) is 4.52. The molecule has 0 amide bonds. The first-order chi connectivity index (χ1) is 8.19. The third kappa shape index (κ3) is 2.55. The molecule has 1 atom stereocenters. The Morgan fingerprint density at radius 1 is 1.53 bits per heavy atom. The fourth-order valence-corrected chi connectivity index (χ4v) is 3.30. The van der Waals surface area contributed by atoms with Crippen molar-refractivity contribution >= 4 is 11.3 Å². The molecule has 4 heteroatoms. The van der Waals surface area contributed by atoms with Crippen LogP contribution >= 0.6 is 11.3 Å². The van der Waals surface area contributed by atoms with Gasteiger partial charge in [-0.05, 0) is 30.9 Å². The molecule has 1 fully saturated rings. The Hall–Kier alpha value is -0.420. The van der Waals surface area contributed by atoms with Crippen LogP contribution in [0.25, 0.3) is 0 Å². The Balaban J connectivity index is 2.23. The van der Waals surface area contributed by atoms with Crippen LogP contribution in [0.2, 0.25) is 0 Å². The number of thiophene rings is 1. The summed E-state index contributed by atoms with van der Waals surface area (Å²) in [6.45, 7) is 6.36. The van der Waals surface area contributed by atoms with Crippen molar-refractivity contribution in [2.45, 2.75) is 38.3 Å². The largest absolute Gasteiger partial charge is 0.381 e. The lowest BCUT2D eigenvalue weighted by Crippen LogP contribution is -2.48. The molecule has 2 heterocycles. The quantitative estimate of drug-likeness (QED) is 0.899. The zero-order chi connectivity index (χ0) is 12.3. The minimum absolute atomic E-state index is 0.0439. The lowest BCUT2D eigenvalue weighted by molar-refractivity contribution is -0.121. The molecule has 1 aromatic heterocycles. The molecule has 0 saturated carbocycles. The van der Waals surface area contributed by atoms with Crippen LogP contribution in [0.3, 0.4) is 0 Å². The zero-order valence-electron chi connectivity index (χ0n) is 10.6. The van der Waals surface area contributed by atoms with E-state index in [-0.39, 0.29) is 11.6 Å². The van der Waals surface area contributed by atoms with Crippen molar-refractivity contribution in [2.24, 2.45) is 5.73 Å². The van der Waals surface area contributed by atoms with E-state index in [9.17, 15) is 0 Å². The molecule has 1 aliphatic rings. The minimum Gasteiger partial charge on any atom is -0.381 e. The van der Waals surface area contributed by atoms with Crippen LogP contribution in [0.5, 0.6) is 0 Å². The highest BCUT2D eigenvalue weighted by Crippen LogP contribution is 2.38. The van der Waals surface area contributed by atoms with Gasteiger partial charge in [-0.1, -0.05) is 0 Å². The first-order valence-corrected chi connectivity index (χ1v) is 7.09. The van der Waals surface area contributed by atoms with Gasteiger partial charge in [0.25, 0.3) is 0 Å². The van der Waals surface area contributed by atoms with Crippen molar-refractivity contribution in [3.8, 4) is 0 Å². The lowest BCUT2D eigenvalue weighted by atomic mass is 9.83. The standard InChI is InChI=1S/C13H21NO2S/c1-3-16-13(5-7-15-8-6-13)12(14)11-4-9-17-10(11)2/h4,9,12H,3,5-8,14H2,1-2H3. The maximum Gasteiger partial charge on any atom is 0.0918 e. The lowest BCUT2D eigenvalue weighted by Gasteiger charge is -2.41. The fraction of sp³-hybridized carbons (Fsp3) is 0.692. The Morgan fingerprint density at radius 2 is 2.24 bits per heavy atom. The summed E-state index contributed by atoms with van der Waals surface area (Å²) >= 11 is 1.75. The number of aryl methyl sites for hydroxylation is 1. The van der Waals surface area contributed by atoms with E-state index in [0.29, 0.717) is 6.61 Å². The van der Waals surface area contributed by atoms with E-state index in [1.807, 2.05) is 6.92 Å². The van der Waals surface area contributed by atoms with Crippen molar-refractivity contribution in [1.82, 2.24) is 0 Å². The highest BCUT2D eigenvalue weighted by molar-refractivity contribution is 7.10. The molecule has 0 aromatic carbocycles. The smallest absolute Gasteiger partial charge is 0.0918 e. The van der Waals surface area contributed by atoms with Gasteiger partial charge in [0.05, 0.1) is 11.6 Å². The van der Waals surface area contributed by atoms with Crippen LogP contribution in [0.4, 0.5) is 0 Å². The summed E-state index contributed by atoms with van der Waals surface area (Å²) in [5, 5.41) is 2.10. The summed E-state index contributed by atoms with van der Waals surface area (Å²) in [5.74, 6) is 0. The monoisotopic (exact) mass is 255 g/mol. The zero-order valence-corrected chi connectivity index (χ0v) is 11.4. The Kier molecular flexibility index (Phi) is 4.20. The molecule has 1 aliphatic heterocycles. The molecule has 1 saturated heterocycles. The molecule has 17 heavy (non-hydrogen) atoms. The van der Waals surface area contributed by atoms with E-state index in [2.05, 4.69) is 18.4 Å². The van der Waals surface area contributed by atoms with Crippen molar-refractivity contribution in [2.75, 3.05) is 19.8 Å². The summed E-state index contributed by atoms with van der Waals surface area (Å²) < 4.78 is 11.4. The van der Waals surface area contributed by atoms with Gasteiger partial charge in [-0.25, -0.2) is 0 Å². The molecule has 0 radical (unpaired) electrons. The van der Waals surface area contributed by atoms with Crippen LogP contribution in [-0.2, 0) is 9.47 Å². The number of hydrogen-bond acceptors (Lipinski definition) is 4. The van der Waals surface area contributed by atoms with Gasteiger partial charge < -0.3 is 15.2 Å². The van der Waals surface area contributed by atoms with Gasteiger partial charge in [0.15, 0.2) is 0 Å². The van der Waals surface area contributed by atoms with E-state index in [1.54, 1.807) is 11.3 Å². The molecule has 0 aliphatic carbocycles. The van der Waals surface area contributed by atoms with Gasteiger partial charge in [0, 0.05) is 37.5 Å². The van der Waals surface area contributed by atoms with Crippen molar-refractivity contribution < 1.29 is 9.47 Å². The van der Waals surface area contributed by atoms with Gasteiger partial charge in [-0.2, -0.15) is 0 Å². The van der Waals surface area contributed by atoms with E-state index >= 15 is 0 Å². The highest BCUT2D eigenvalue weighted by Gasteiger charge is 2.40. The van der Waals surface area contributed by atoms with Gasteiger partial charge in [0.1, 0.15) is 0 Å². The molecular formula is C13H21NO2S. The average molecular weight is 255 g/mol. The number of ether oxygens (including phenoxy) is 2. The first kappa shape index (κ1) is 13.0. The summed E-state index contributed by atoms with van der Waals surface area (Å²) in [7, 11) is 0. The fourth-order valence-electron chi connectivity index (χ4n) is 2.55. The molecule has 0 spiro atoms. The number of hydrogen-bond donors (Lipinski definition) is 1. The Bertz CT molecular complexity index is 353. The maximum atomic E-state index is 6.46. The molecule has 1 aromatic rings. The number of rotatable bonds is 4. The van der Waals surface area contributed by atoms with E-state index in [4.69, 9.17) is 15.2 Å². The molecule has 2 N–H and O–H groups in total. The van der Waals surface area contributed by atoms with Crippen LogP contribution < -0.4 is 5.73 Å². The average Bonchev–Trinajstić information content (AvgIpc) is 2.76. The van der Waals surface area contributed by atoms with Gasteiger partial charge in [-0.3, -0.25) is 0 Å². The van der Waals surface area contributed by atoms with Crippen LogP contribution in [-0.4, -0.2) is 25.4 Å². The maximum absolute atomic E-state index is 6.46. The second-order valence-corrected chi connectivity index (χ2v) is 5.64. The van der Waals surface area contributed by atoms with Crippen LogP contribution in [0, 0.1) is 6.92 Å². The van der Waals surface area contributed by atoms with Crippen LogP contribution in [0.1, 0.15) is 36.2 Å². The molecule has 1 unspecified atom stereocenters. The van der Waals surface area contributed by atoms with Crippen LogP contribution in [0.15, 0.2) is 11.4 Å². The Morgan fingerprint density at radius 3 is 2.76 bits per heavy atom. The Labute approximate surface area is 107 Å². The SMILES string of the molecule is CCOC1(C(N)c2ccsc2C)CCOCC1. The van der Waals surface area contributed by atoms with Crippen molar-refractivity contribution in [3.63, 3.8) is 0 Å². The predicted molar refractivity (Wildman–Crippen MR) is 70.4 cm³/mol. The van der Waals surface area contributed by atoms with Gasteiger partial charge >= 0.3 is 0 Å². The van der Waals surface area contributed by atoms with Crippen molar-refractivity contribution in [3.05, 3.63) is 21.9 Å². The third-order valence-electron chi connectivity index (χ3n) is 3.57. The topological polar surface area (TPSA) is 44.5 Å². The molecule has 2 rings (SSSR count). The molecule has 3 nitrogen and oxygen atoms in total. The normalized spacial score (nSPS) is 21.4. The first-order valence-electron chi connectivity index (χ1n) is 6.21.